The molecular weight excluding hydrogens is 521 g/mol. The summed E-state index contributed by atoms with van der Waals surface area (Å²) < 4.78 is 119. The first-order valence-corrected chi connectivity index (χ1v) is 10.6. The average Bonchev–Trinajstić information content (AvgIpc) is 3.07. The molecule has 3 rings (SSSR count). The molecule has 1 amide bonds. The van der Waals surface area contributed by atoms with Crippen LogP contribution in [0.15, 0.2) is 41.3 Å². The lowest BCUT2D eigenvalue weighted by molar-refractivity contribution is -0.143. The molecule has 2 aromatic carbocycles. The van der Waals surface area contributed by atoms with Gasteiger partial charge >= 0.3 is 12.4 Å². The van der Waals surface area contributed by atoms with E-state index in [0.29, 0.717) is 0 Å². The topological polar surface area (TPSA) is 93.9 Å². The molecule has 0 unspecified atom stereocenters. The second kappa shape index (κ2) is 8.54. The van der Waals surface area contributed by atoms with Crippen molar-refractivity contribution in [3.63, 3.8) is 0 Å². The van der Waals surface area contributed by atoms with Crippen molar-refractivity contribution in [2.24, 2.45) is 0 Å². The van der Waals surface area contributed by atoms with Crippen LogP contribution in [0.2, 0.25) is 5.02 Å². The Morgan fingerprint density at radius 2 is 1.56 bits per heavy atom. The van der Waals surface area contributed by atoms with Gasteiger partial charge in [-0.3, -0.25) is 4.79 Å². The number of carbonyl (C=O) groups excluding carboxylic acids is 1. The predicted octanol–water partition coefficient (Wildman–Crippen LogP) is 4.52. The SMILES string of the molecule is Cc1c(C(=O)NS(=O)(=O)c2cc(C(F)(F)F)cc(C(F)(F)F)c2)nnn1-c1ccc(Cl)cc1F. The number of carbonyl (C=O) groups is 1. The smallest absolute Gasteiger partial charge is 0.266 e. The maximum atomic E-state index is 14.1. The predicted molar refractivity (Wildman–Crippen MR) is 102 cm³/mol. The van der Waals surface area contributed by atoms with E-state index in [1.807, 2.05) is 0 Å². The van der Waals surface area contributed by atoms with E-state index < -0.39 is 55.8 Å². The van der Waals surface area contributed by atoms with Gasteiger partial charge in [0.2, 0.25) is 0 Å². The summed E-state index contributed by atoms with van der Waals surface area (Å²) in [7, 11) is -5.23. The van der Waals surface area contributed by atoms with Crippen LogP contribution >= 0.6 is 11.6 Å². The number of hydrogen-bond acceptors (Lipinski definition) is 5. The van der Waals surface area contributed by atoms with Crippen LogP contribution in [0.25, 0.3) is 5.69 Å². The zero-order chi connectivity index (χ0) is 25.6. The summed E-state index contributed by atoms with van der Waals surface area (Å²) in [6.07, 6.45) is -10.6. The highest BCUT2D eigenvalue weighted by Crippen LogP contribution is 2.37. The molecule has 7 nitrogen and oxygen atoms in total. The zero-order valence-electron chi connectivity index (χ0n) is 16.5. The van der Waals surface area contributed by atoms with E-state index in [4.69, 9.17) is 11.6 Å². The number of halogens is 8. The number of nitrogens with zero attached hydrogens (tertiary/aromatic N) is 3. The fourth-order valence-electron chi connectivity index (χ4n) is 2.73. The van der Waals surface area contributed by atoms with Crippen molar-refractivity contribution in [2.75, 3.05) is 0 Å². The van der Waals surface area contributed by atoms with Crippen LogP contribution in [-0.2, 0) is 22.4 Å². The van der Waals surface area contributed by atoms with Crippen molar-refractivity contribution < 1.29 is 43.9 Å². The highest BCUT2D eigenvalue weighted by atomic mass is 35.5. The van der Waals surface area contributed by atoms with Crippen molar-refractivity contribution in [1.29, 1.82) is 0 Å². The van der Waals surface area contributed by atoms with E-state index >= 15 is 0 Å². The lowest BCUT2D eigenvalue weighted by atomic mass is 10.1. The summed E-state index contributed by atoms with van der Waals surface area (Å²) in [5.41, 5.74) is -4.87. The first kappa shape index (κ1) is 25.4. The van der Waals surface area contributed by atoms with Crippen LogP contribution < -0.4 is 4.72 Å². The lowest BCUT2D eigenvalue weighted by Gasteiger charge is -2.14. The third-order valence-corrected chi connectivity index (χ3v) is 5.89. The number of nitrogens with one attached hydrogen (secondary N) is 1. The first-order valence-electron chi connectivity index (χ1n) is 8.75. The molecule has 0 aliphatic carbocycles. The Hall–Kier alpha value is -3.20. The number of hydrogen-bond donors (Lipinski definition) is 1. The number of rotatable bonds is 4. The van der Waals surface area contributed by atoms with E-state index in [9.17, 15) is 43.9 Å². The van der Waals surface area contributed by atoms with Gasteiger partial charge in [-0.05, 0) is 43.3 Å². The van der Waals surface area contributed by atoms with E-state index in [1.54, 1.807) is 0 Å². The highest BCUT2D eigenvalue weighted by molar-refractivity contribution is 7.90. The van der Waals surface area contributed by atoms with Crippen LogP contribution in [0, 0.1) is 12.7 Å². The van der Waals surface area contributed by atoms with Gasteiger partial charge in [0.05, 0.1) is 21.7 Å². The molecule has 0 aliphatic heterocycles. The Morgan fingerprint density at radius 3 is 2.06 bits per heavy atom. The highest BCUT2D eigenvalue weighted by Gasteiger charge is 2.38. The fraction of sp³-hybridized carbons (Fsp3) is 0.167. The number of alkyl halides is 6. The number of sulfonamides is 1. The lowest BCUT2D eigenvalue weighted by Crippen LogP contribution is -2.32. The minimum absolute atomic E-state index is 0.0439. The van der Waals surface area contributed by atoms with Gasteiger partial charge in [0.25, 0.3) is 15.9 Å². The molecule has 0 aliphatic rings. The molecule has 0 atom stereocenters. The Morgan fingerprint density at radius 1 is 1.00 bits per heavy atom. The van der Waals surface area contributed by atoms with E-state index in [2.05, 4.69) is 10.3 Å². The summed E-state index contributed by atoms with van der Waals surface area (Å²) in [6.45, 7) is 1.20. The molecule has 0 radical (unpaired) electrons. The monoisotopic (exact) mass is 530 g/mol. The van der Waals surface area contributed by atoms with Crippen molar-refractivity contribution in [3.05, 3.63) is 69.8 Å². The van der Waals surface area contributed by atoms with Gasteiger partial charge in [-0.2, -0.15) is 26.3 Å². The van der Waals surface area contributed by atoms with Crippen LogP contribution in [0.5, 0.6) is 0 Å². The maximum absolute atomic E-state index is 14.1. The van der Waals surface area contributed by atoms with Crippen LogP contribution in [0.1, 0.15) is 27.3 Å². The minimum Gasteiger partial charge on any atom is -0.266 e. The van der Waals surface area contributed by atoms with E-state index in [1.165, 1.54) is 23.8 Å². The normalized spacial score (nSPS) is 12.6. The van der Waals surface area contributed by atoms with Crippen molar-refractivity contribution in [1.82, 2.24) is 19.7 Å². The van der Waals surface area contributed by atoms with Crippen LogP contribution in [0.3, 0.4) is 0 Å². The minimum atomic E-state index is -5.31. The summed E-state index contributed by atoms with van der Waals surface area (Å²) in [6, 6.07) is 3.01. The van der Waals surface area contributed by atoms with E-state index in [0.717, 1.165) is 10.7 Å². The number of aromatic nitrogens is 3. The Balaban J connectivity index is 1.99. The van der Waals surface area contributed by atoms with Gasteiger partial charge in [-0.1, -0.05) is 16.8 Å². The molecule has 3 aromatic rings. The number of benzene rings is 2. The number of amides is 1. The van der Waals surface area contributed by atoms with Crippen molar-refractivity contribution in [3.8, 4) is 5.69 Å². The largest absolute Gasteiger partial charge is 0.416 e. The third kappa shape index (κ3) is 5.14. The molecule has 0 bridgehead atoms. The molecule has 0 fully saturated rings. The first-order chi connectivity index (χ1) is 15.5. The Kier molecular flexibility index (Phi) is 6.39. The average molecular weight is 531 g/mol. The Labute approximate surface area is 191 Å². The van der Waals surface area contributed by atoms with Gasteiger partial charge < -0.3 is 0 Å². The van der Waals surface area contributed by atoms with E-state index in [-0.39, 0.29) is 34.6 Å². The van der Waals surface area contributed by atoms with Crippen LogP contribution in [0.4, 0.5) is 30.7 Å². The molecule has 0 saturated heterocycles. The molecular formula is C18H10ClF7N4O3S. The maximum Gasteiger partial charge on any atom is 0.416 e. The van der Waals surface area contributed by atoms with Gasteiger partial charge in [0, 0.05) is 5.02 Å². The summed E-state index contributed by atoms with van der Waals surface area (Å²) in [5.74, 6) is -2.40. The fourth-order valence-corrected chi connectivity index (χ4v) is 3.91. The second-order valence-electron chi connectivity index (χ2n) is 6.71. The van der Waals surface area contributed by atoms with Gasteiger partial charge in [-0.15, -0.1) is 5.10 Å². The molecule has 0 spiro atoms. The second-order valence-corrected chi connectivity index (χ2v) is 8.83. The molecule has 0 saturated carbocycles. The van der Waals surface area contributed by atoms with Crippen molar-refractivity contribution >= 4 is 27.5 Å². The quantitative estimate of drug-likeness (QED) is 0.501. The molecule has 182 valence electrons. The van der Waals surface area contributed by atoms with Crippen molar-refractivity contribution in [2.45, 2.75) is 24.2 Å². The summed E-state index contributed by atoms with van der Waals surface area (Å²) in [5, 5.41) is 6.99. The third-order valence-electron chi connectivity index (χ3n) is 4.35. The van der Waals surface area contributed by atoms with Crippen LogP contribution in [-0.4, -0.2) is 29.3 Å². The summed E-state index contributed by atoms with van der Waals surface area (Å²) >= 11 is 5.65. The van der Waals surface area contributed by atoms with Gasteiger partial charge in [0.1, 0.15) is 11.5 Å². The molecule has 1 heterocycles. The zero-order valence-corrected chi connectivity index (χ0v) is 18.0. The standard InChI is InChI=1S/C18H10ClF7N4O3S/c1-8-15(27-29-30(8)14-3-2-11(19)7-13(14)20)16(31)28-34(32,33)12-5-9(17(21,22)23)4-10(6-12)18(24,25)26/h2-7H,1H3,(H,28,31). The Bertz CT molecular complexity index is 1350. The molecule has 16 heteroatoms. The van der Waals surface area contributed by atoms with Gasteiger partial charge in [0.15, 0.2) is 5.69 Å². The summed E-state index contributed by atoms with van der Waals surface area (Å²) in [4.78, 5) is 11.0. The molecule has 34 heavy (non-hydrogen) atoms. The van der Waals surface area contributed by atoms with Gasteiger partial charge in [-0.25, -0.2) is 22.2 Å². The molecule has 1 aromatic heterocycles. The molecule has 1 N–H and O–H groups in total.